The van der Waals surface area contributed by atoms with Crippen molar-refractivity contribution in [2.24, 2.45) is 0 Å². The molecular weight excluding hydrogens is 317 g/mol. The van der Waals surface area contributed by atoms with Crippen LogP contribution in [0.2, 0.25) is 10.0 Å². The smallest absolute Gasteiger partial charge is 0.374 e. The molecule has 0 aliphatic heterocycles. The van der Waals surface area contributed by atoms with Crippen molar-refractivity contribution < 1.29 is 18.7 Å². The maximum Gasteiger partial charge on any atom is 0.374 e. The predicted molar refractivity (Wildman–Crippen MR) is 78.7 cm³/mol. The number of amides is 1. The number of hydrogen-bond donors (Lipinski definition) is 1. The first kappa shape index (κ1) is 15.4. The van der Waals surface area contributed by atoms with Crippen molar-refractivity contribution in [3.05, 3.63) is 52.4 Å². The van der Waals surface area contributed by atoms with Crippen LogP contribution in [0.1, 0.15) is 17.5 Å². The minimum atomic E-state index is -1.000. The Morgan fingerprint density at radius 1 is 1.24 bits per heavy atom. The van der Waals surface area contributed by atoms with Crippen molar-refractivity contribution in [2.45, 2.75) is 13.0 Å². The second-order valence-corrected chi connectivity index (χ2v) is 5.05. The molecule has 5 nitrogen and oxygen atoms in total. The highest BCUT2D eigenvalue weighted by atomic mass is 35.5. The number of benzene rings is 1. The first-order valence-electron chi connectivity index (χ1n) is 5.97. The van der Waals surface area contributed by atoms with E-state index in [2.05, 4.69) is 5.32 Å². The topological polar surface area (TPSA) is 68.5 Å². The summed E-state index contributed by atoms with van der Waals surface area (Å²) in [5, 5.41) is 3.33. The van der Waals surface area contributed by atoms with Crippen LogP contribution in [0.4, 0.5) is 5.69 Å². The molecule has 1 atom stereocenters. The van der Waals surface area contributed by atoms with Gasteiger partial charge >= 0.3 is 5.97 Å². The average Bonchev–Trinajstić information content (AvgIpc) is 2.91. The van der Waals surface area contributed by atoms with Crippen molar-refractivity contribution in [1.29, 1.82) is 0 Å². The monoisotopic (exact) mass is 327 g/mol. The molecule has 21 heavy (non-hydrogen) atoms. The number of halogens is 2. The lowest BCUT2D eigenvalue weighted by Crippen LogP contribution is -2.29. The van der Waals surface area contributed by atoms with Gasteiger partial charge in [0.2, 0.25) is 5.76 Å². The van der Waals surface area contributed by atoms with E-state index in [1.807, 2.05) is 0 Å². The summed E-state index contributed by atoms with van der Waals surface area (Å²) in [7, 11) is 0. The van der Waals surface area contributed by atoms with Gasteiger partial charge in [-0.05, 0) is 37.3 Å². The number of anilines is 1. The number of furan rings is 1. The standard InChI is InChI=1S/C14H11Cl2NO4/c1-8(21-14(19)12-3-2-4-20-12)13(18)17-11-6-9(15)5-10(16)7-11/h2-8H,1H3,(H,17,18)/t8-/m1/s1. The predicted octanol–water partition coefficient (Wildman–Crippen LogP) is 3.77. The van der Waals surface area contributed by atoms with Crippen LogP contribution >= 0.6 is 23.2 Å². The Labute approximate surface area is 130 Å². The maximum atomic E-state index is 11.9. The summed E-state index contributed by atoms with van der Waals surface area (Å²) >= 11 is 11.7. The second kappa shape index (κ2) is 6.65. The summed E-state index contributed by atoms with van der Waals surface area (Å²) in [5.74, 6) is -1.19. The van der Waals surface area contributed by atoms with Crippen LogP contribution in [0.3, 0.4) is 0 Å². The van der Waals surface area contributed by atoms with Crippen LogP contribution in [-0.2, 0) is 9.53 Å². The summed E-state index contributed by atoms with van der Waals surface area (Å²) in [4.78, 5) is 23.6. The van der Waals surface area contributed by atoms with E-state index in [0.717, 1.165) is 0 Å². The molecule has 0 saturated carbocycles. The number of rotatable bonds is 4. The highest BCUT2D eigenvalue weighted by molar-refractivity contribution is 6.35. The largest absolute Gasteiger partial charge is 0.457 e. The third-order valence-electron chi connectivity index (χ3n) is 2.51. The van der Waals surface area contributed by atoms with Crippen LogP contribution in [0.5, 0.6) is 0 Å². The van der Waals surface area contributed by atoms with Crippen LogP contribution in [0.25, 0.3) is 0 Å². The molecule has 2 rings (SSSR count). The fourth-order valence-electron chi connectivity index (χ4n) is 1.54. The van der Waals surface area contributed by atoms with Crippen LogP contribution < -0.4 is 5.32 Å². The molecule has 0 aliphatic rings. The first-order chi connectivity index (χ1) is 9.95. The van der Waals surface area contributed by atoms with E-state index in [4.69, 9.17) is 32.4 Å². The van der Waals surface area contributed by atoms with Crippen LogP contribution in [0.15, 0.2) is 41.0 Å². The lowest BCUT2D eigenvalue weighted by Gasteiger charge is -2.13. The molecule has 7 heteroatoms. The number of carbonyl (C=O) groups is 2. The molecule has 0 unspecified atom stereocenters. The fourth-order valence-corrected chi connectivity index (χ4v) is 2.06. The minimum absolute atomic E-state index is 0.0282. The lowest BCUT2D eigenvalue weighted by atomic mass is 10.3. The highest BCUT2D eigenvalue weighted by Gasteiger charge is 2.20. The molecule has 0 saturated heterocycles. The molecule has 1 aromatic heterocycles. The summed E-state index contributed by atoms with van der Waals surface area (Å²) in [6, 6.07) is 7.61. The third kappa shape index (κ3) is 4.24. The zero-order valence-corrected chi connectivity index (χ0v) is 12.4. The lowest BCUT2D eigenvalue weighted by molar-refractivity contribution is -0.123. The van der Waals surface area contributed by atoms with Gasteiger partial charge in [-0.1, -0.05) is 23.2 Å². The van der Waals surface area contributed by atoms with Crippen molar-refractivity contribution in [2.75, 3.05) is 5.32 Å². The van der Waals surface area contributed by atoms with E-state index in [1.165, 1.54) is 31.4 Å². The molecule has 0 bridgehead atoms. The van der Waals surface area contributed by atoms with Gasteiger partial charge in [0.15, 0.2) is 6.10 Å². The Balaban J connectivity index is 1.98. The number of ether oxygens (including phenoxy) is 1. The van der Waals surface area contributed by atoms with Crippen molar-refractivity contribution in [1.82, 2.24) is 0 Å². The van der Waals surface area contributed by atoms with E-state index in [0.29, 0.717) is 15.7 Å². The number of esters is 1. The van der Waals surface area contributed by atoms with E-state index in [1.54, 1.807) is 12.1 Å². The molecule has 2 aromatic rings. The maximum absolute atomic E-state index is 11.9. The van der Waals surface area contributed by atoms with Gasteiger partial charge in [0.1, 0.15) is 0 Å². The molecule has 0 fully saturated rings. The Kier molecular flexibility index (Phi) is 4.88. The van der Waals surface area contributed by atoms with Crippen LogP contribution in [0, 0.1) is 0 Å². The second-order valence-electron chi connectivity index (χ2n) is 4.17. The molecule has 0 aliphatic carbocycles. The summed E-state index contributed by atoms with van der Waals surface area (Å²) < 4.78 is 9.86. The first-order valence-corrected chi connectivity index (χ1v) is 6.73. The SMILES string of the molecule is C[C@@H](OC(=O)c1ccco1)C(=O)Nc1cc(Cl)cc(Cl)c1. The molecule has 1 N–H and O–H groups in total. The quantitative estimate of drug-likeness (QED) is 0.868. The summed E-state index contributed by atoms with van der Waals surface area (Å²) in [5.41, 5.74) is 0.415. The highest BCUT2D eigenvalue weighted by Crippen LogP contribution is 2.22. The summed E-state index contributed by atoms with van der Waals surface area (Å²) in [6.07, 6.45) is 0.343. The molecular formula is C14H11Cl2NO4. The molecule has 0 radical (unpaired) electrons. The normalized spacial score (nSPS) is 11.8. The van der Waals surface area contributed by atoms with Gasteiger partial charge < -0.3 is 14.5 Å². The Hall–Kier alpha value is -1.98. The van der Waals surface area contributed by atoms with Gasteiger partial charge in [-0.2, -0.15) is 0 Å². The zero-order valence-electron chi connectivity index (χ0n) is 10.9. The van der Waals surface area contributed by atoms with Crippen molar-refractivity contribution >= 4 is 40.8 Å². The molecule has 0 spiro atoms. The minimum Gasteiger partial charge on any atom is -0.457 e. The Morgan fingerprint density at radius 3 is 2.48 bits per heavy atom. The molecule has 1 amide bonds. The van der Waals surface area contributed by atoms with E-state index < -0.39 is 18.0 Å². The molecule has 110 valence electrons. The van der Waals surface area contributed by atoms with Gasteiger partial charge in [-0.3, -0.25) is 4.79 Å². The number of nitrogens with one attached hydrogen (secondary N) is 1. The fraction of sp³-hybridized carbons (Fsp3) is 0.143. The van der Waals surface area contributed by atoms with Crippen molar-refractivity contribution in [3.8, 4) is 0 Å². The zero-order chi connectivity index (χ0) is 15.4. The molecule has 1 heterocycles. The van der Waals surface area contributed by atoms with Crippen molar-refractivity contribution in [3.63, 3.8) is 0 Å². The average molecular weight is 328 g/mol. The van der Waals surface area contributed by atoms with E-state index in [9.17, 15) is 9.59 Å². The Morgan fingerprint density at radius 2 is 1.90 bits per heavy atom. The van der Waals surface area contributed by atoms with Gasteiger partial charge in [0.05, 0.1) is 6.26 Å². The van der Waals surface area contributed by atoms with Crippen LogP contribution in [-0.4, -0.2) is 18.0 Å². The summed E-state index contributed by atoms with van der Waals surface area (Å²) in [6.45, 7) is 1.45. The third-order valence-corrected chi connectivity index (χ3v) is 2.94. The Bertz CT molecular complexity index is 635. The number of carbonyl (C=O) groups excluding carboxylic acids is 2. The van der Waals surface area contributed by atoms with E-state index in [-0.39, 0.29) is 5.76 Å². The number of hydrogen-bond acceptors (Lipinski definition) is 4. The van der Waals surface area contributed by atoms with Gasteiger partial charge in [0.25, 0.3) is 5.91 Å². The van der Waals surface area contributed by atoms with E-state index >= 15 is 0 Å². The molecule has 1 aromatic carbocycles. The van der Waals surface area contributed by atoms with Gasteiger partial charge in [0, 0.05) is 15.7 Å². The van der Waals surface area contributed by atoms with Gasteiger partial charge in [-0.15, -0.1) is 0 Å². The van der Waals surface area contributed by atoms with Gasteiger partial charge in [-0.25, -0.2) is 4.79 Å².